The van der Waals surface area contributed by atoms with E-state index in [0.29, 0.717) is 11.6 Å². The third-order valence-corrected chi connectivity index (χ3v) is 3.20. The number of hydrogen-bond donors (Lipinski definition) is 1. The highest BCUT2D eigenvalue weighted by Crippen LogP contribution is 2.24. The van der Waals surface area contributed by atoms with Crippen LogP contribution in [0.4, 0.5) is 5.82 Å². The highest BCUT2D eigenvalue weighted by atomic mass is 32.1. The lowest BCUT2D eigenvalue weighted by Gasteiger charge is -2.30. The Hall–Kier alpha value is -1.14. The number of nitrogens with two attached hydrogens (primary N) is 1. The second-order valence-electron chi connectivity index (χ2n) is 4.36. The van der Waals surface area contributed by atoms with E-state index in [2.05, 4.69) is 23.8 Å². The number of methoxy groups -OCH3 is 1. The van der Waals surface area contributed by atoms with Gasteiger partial charge in [-0.1, -0.05) is 12.2 Å². The Kier molecular flexibility index (Phi) is 5.10. The molecule has 0 amide bonds. The molecule has 0 radical (unpaired) electrons. The highest BCUT2D eigenvalue weighted by molar-refractivity contribution is 7.80. The third kappa shape index (κ3) is 2.81. The second kappa shape index (κ2) is 6.15. The number of aryl methyl sites for hydroxylation is 2. The molecule has 1 atom stereocenters. The van der Waals surface area contributed by atoms with Crippen molar-refractivity contribution in [1.29, 1.82) is 0 Å². The van der Waals surface area contributed by atoms with E-state index in [-0.39, 0.29) is 6.04 Å². The van der Waals surface area contributed by atoms with Gasteiger partial charge in [0, 0.05) is 20.7 Å². The molecule has 5 nitrogen and oxygen atoms in total. The smallest absolute Gasteiger partial charge is 0.137 e. The van der Waals surface area contributed by atoms with Crippen molar-refractivity contribution in [2.45, 2.75) is 26.8 Å². The second-order valence-corrected chi connectivity index (χ2v) is 4.80. The lowest BCUT2D eigenvalue weighted by atomic mass is 10.2. The molecule has 2 N–H and O–H groups in total. The summed E-state index contributed by atoms with van der Waals surface area (Å²) in [6.07, 6.45) is 0. The number of aromatic nitrogens is 2. The normalized spacial score (nSPS) is 12.5. The van der Waals surface area contributed by atoms with Crippen LogP contribution in [0.3, 0.4) is 0 Å². The predicted molar refractivity (Wildman–Crippen MR) is 78.2 cm³/mol. The molecule has 0 bridgehead atoms. The Labute approximate surface area is 114 Å². The van der Waals surface area contributed by atoms with Crippen molar-refractivity contribution < 1.29 is 4.74 Å². The predicted octanol–water partition coefficient (Wildman–Crippen LogP) is 1.22. The van der Waals surface area contributed by atoms with Gasteiger partial charge in [-0.2, -0.15) is 5.10 Å². The first-order valence-corrected chi connectivity index (χ1v) is 6.43. The number of anilines is 1. The molecular weight excluding hydrogens is 248 g/mol. The van der Waals surface area contributed by atoms with E-state index in [1.807, 2.05) is 18.7 Å². The molecule has 1 aromatic heterocycles. The van der Waals surface area contributed by atoms with Crippen LogP contribution in [0.2, 0.25) is 0 Å². The van der Waals surface area contributed by atoms with Crippen LogP contribution in [0.1, 0.15) is 25.1 Å². The van der Waals surface area contributed by atoms with Crippen molar-refractivity contribution >= 4 is 23.0 Å². The Morgan fingerprint density at radius 3 is 2.67 bits per heavy atom. The Bertz CT molecular complexity index is 430. The largest absolute Gasteiger partial charge is 0.389 e. The molecule has 6 heteroatoms. The van der Waals surface area contributed by atoms with Crippen molar-refractivity contribution in [1.82, 2.24) is 9.78 Å². The number of rotatable bonds is 6. The van der Waals surface area contributed by atoms with E-state index in [4.69, 9.17) is 22.7 Å². The maximum atomic E-state index is 5.82. The molecule has 0 spiro atoms. The van der Waals surface area contributed by atoms with E-state index in [1.165, 1.54) is 0 Å². The fourth-order valence-corrected chi connectivity index (χ4v) is 2.50. The molecule has 1 rings (SSSR count). The molecule has 0 aliphatic rings. The van der Waals surface area contributed by atoms with Crippen LogP contribution in [0.15, 0.2) is 0 Å². The zero-order chi connectivity index (χ0) is 13.9. The Morgan fingerprint density at radius 2 is 2.22 bits per heavy atom. The first kappa shape index (κ1) is 14.9. The molecule has 102 valence electrons. The quantitative estimate of drug-likeness (QED) is 0.788. The van der Waals surface area contributed by atoms with E-state index in [9.17, 15) is 0 Å². The van der Waals surface area contributed by atoms with Gasteiger partial charge in [-0.15, -0.1) is 0 Å². The third-order valence-electron chi connectivity index (χ3n) is 2.99. The van der Waals surface area contributed by atoms with E-state index < -0.39 is 0 Å². The molecular formula is C12H22N4OS. The van der Waals surface area contributed by atoms with Gasteiger partial charge in [0.2, 0.25) is 0 Å². The zero-order valence-electron chi connectivity index (χ0n) is 11.7. The summed E-state index contributed by atoms with van der Waals surface area (Å²) in [6, 6.07) is 0.239. The molecule has 0 saturated heterocycles. The molecule has 0 fully saturated rings. The van der Waals surface area contributed by atoms with E-state index in [1.54, 1.807) is 7.11 Å². The summed E-state index contributed by atoms with van der Waals surface area (Å²) in [6.45, 7) is 7.62. The maximum absolute atomic E-state index is 5.82. The van der Waals surface area contributed by atoms with Crippen LogP contribution >= 0.6 is 12.2 Å². The minimum Gasteiger partial charge on any atom is -0.389 e. The molecule has 0 saturated carbocycles. The SMILES string of the molecule is CCN(c1c(C(N)=S)c(C)nn1C)C(C)COC. The molecule has 1 aromatic rings. The molecule has 0 aliphatic carbocycles. The van der Waals surface area contributed by atoms with Gasteiger partial charge in [0.15, 0.2) is 0 Å². The fraction of sp³-hybridized carbons (Fsp3) is 0.667. The van der Waals surface area contributed by atoms with Crippen LogP contribution in [0.25, 0.3) is 0 Å². The van der Waals surface area contributed by atoms with Gasteiger partial charge in [-0.3, -0.25) is 4.68 Å². The van der Waals surface area contributed by atoms with Gasteiger partial charge >= 0.3 is 0 Å². The van der Waals surface area contributed by atoms with Gasteiger partial charge in [0.1, 0.15) is 10.8 Å². The number of nitrogens with zero attached hydrogens (tertiary/aromatic N) is 3. The van der Waals surface area contributed by atoms with Crippen molar-refractivity contribution in [2.24, 2.45) is 12.8 Å². The van der Waals surface area contributed by atoms with Crippen LogP contribution in [-0.4, -0.2) is 41.1 Å². The van der Waals surface area contributed by atoms with Gasteiger partial charge in [-0.25, -0.2) is 0 Å². The highest BCUT2D eigenvalue weighted by Gasteiger charge is 2.23. The average molecular weight is 270 g/mol. The average Bonchev–Trinajstić information content (AvgIpc) is 2.56. The maximum Gasteiger partial charge on any atom is 0.137 e. The first-order chi connectivity index (χ1) is 8.43. The van der Waals surface area contributed by atoms with Crippen molar-refractivity contribution in [3.8, 4) is 0 Å². The van der Waals surface area contributed by atoms with Gasteiger partial charge in [-0.05, 0) is 20.8 Å². The summed E-state index contributed by atoms with van der Waals surface area (Å²) in [7, 11) is 3.61. The molecule has 1 unspecified atom stereocenters. The van der Waals surface area contributed by atoms with Crippen molar-refractivity contribution in [3.05, 3.63) is 11.3 Å². The minimum atomic E-state index is 0.239. The summed E-state index contributed by atoms with van der Waals surface area (Å²) in [4.78, 5) is 2.59. The standard InChI is InChI=1S/C12H22N4OS/c1-6-16(8(2)7-17-5)12-10(11(13)18)9(3)14-15(12)4/h8H,6-7H2,1-5H3,(H2,13,18). The summed E-state index contributed by atoms with van der Waals surface area (Å²) >= 11 is 5.14. The molecule has 0 aromatic carbocycles. The van der Waals surface area contributed by atoms with Crippen molar-refractivity contribution in [3.63, 3.8) is 0 Å². The van der Waals surface area contributed by atoms with Crippen LogP contribution in [0.5, 0.6) is 0 Å². The van der Waals surface area contributed by atoms with Crippen LogP contribution in [0, 0.1) is 6.92 Å². The minimum absolute atomic E-state index is 0.239. The van der Waals surface area contributed by atoms with E-state index in [0.717, 1.165) is 23.6 Å². The number of thiocarbonyl (C=S) groups is 1. The summed E-state index contributed by atoms with van der Waals surface area (Å²) in [5, 5.41) is 4.41. The molecule has 0 aliphatic heterocycles. The Morgan fingerprint density at radius 1 is 1.61 bits per heavy atom. The lowest BCUT2D eigenvalue weighted by molar-refractivity contribution is 0.181. The fourth-order valence-electron chi connectivity index (χ4n) is 2.27. The first-order valence-electron chi connectivity index (χ1n) is 6.02. The summed E-state index contributed by atoms with van der Waals surface area (Å²) < 4.78 is 7.05. The topological polar surface area (TPSA) is 56.3 Å². The van der Waals surface area contributed by atoms with Gasteiger partial charge in [0.05, 0.1) is 23.9 Å². The molecule has 18 heavy (non-hydrogen) atoms. The summed E-state index contributed by atoms with van der Waals surface area (Å²) in [5.41, 5.74) is 7.54. The number of ether oxygens (including phenoxy) is 1. The Balaban J connectivity index is 3.24. The van der Waals surface area contributed by atoms with Gasteiger partial charge < -0.3 is 15.4 Å². The van der Waals surface area contributed by atoms with Crippen molar-refractivity contribution in [2.75, 3.05) is 25.2 Å². The van der Waals surface area contributed by atoms with Gasteiger partial charge in [0.25, 0.3) is 0 Å². The van der Waals surface area contributed by atoms with Crippen LogP contribution < -0.4 is 10.6 Å². The zero-order valence-corrected chi connectivity index (χ0v) is 12.5. The van der Waals surface area contributed by atoms with Crippen LogP contribution in [-0.2, 0) is 11.8 Å². The lowest BCUT2D eigenvalue weighted by Crippen LogP contribution is -2.38. The summed E-state index contributed by atoms with van der Waals surface area (Å²) in [5.74, 6) is 0.965. The number of likely N-dealkylation sites (N-methyl/N-ethyl adjacent to an activating group) is 1. The number of hydrogen-bond acceptors (Lipinski definition) is 4. The molecule has 1 heterocycles. The monoisotopic (exact) mass is 270 g/mol. The van der Waals surface area contributed by atoms with E-state index >= 15 is 0 Å².